The highest BCUT2D eigenvalue weighted by Crippen LogP contribution is 2.25. The van der Waals surface area contributed by atoms with Crippen LogP contribution in [0.1, 0.15) is 10.4 Å². The average molecular weight is 279 g/mol. The topological polar surface area (TPSA) is 94.4 Å². The number of non-ortho nitro benzene ring substituents is 1. The second-order valence-corrected chi connectivity index (χ2v) is 4.33. The molecule has 1 N–H and O–H groups in total. The van der Waals surface area contributed by atoms with Crippen LogP contribution < -0.4 is 10.1 Å². The van der Waals surface area contributed by atoms with Crippen molar-refractivity contribution in [2.75, 3.05) is 12.4 Å². The van der Waals surface area contributed by atoms with Gasteiger partial charge in [-0.15, -0.1) is 11.3 Å². The second-order valence-electron chi connectivity index (χ2n) is 3.43. The summed E-state index contributed by atoms with van der Waals surface area (Å²) in [5.41, 5.74) is -0.0861. The molecule has 19 heavy (non-hydrogen) atoms. The number of aromatic nitrogens is 1. The first-order chi connectivity index (χ1) is 9.11. The van der Waals surface area contributed by atoms with Gasteiger partial charge in [0.1, 0.15) is 5.75 Å². The van der Waals surface area contributed by atoms with Gasteiger partial charge in [-0.1, -0.05) is 0 Å². The lowest BCUT2D eigenvalue weighted by Gasteiger charge is -2.07. The van der Waals surface area contributed by atoms with E-state index in [0.717, 1.165) is 0 Å². The Hall–Kier alpha value is -2.48. The van der Waals surface area contributed by atoms with Gasteiger partial charge in [0.25, 0.3) is 11.6 Å². The second kappa shape index (κ2) is 5.44. The minimum absolute atomic E-state index is 0.0897. The quantitative estimate of drug-likeness (QED) is 0.684. The van der Waals surface area contributed by atoms with Gasteiger partial charge in [0.15, 0.2) is 5.13 Å². The summed E-state index contributed by atoms with van der Waals surface area (Å²) in [6, 6.07) is 3.83. The molecular formula is C11H9N3O4S. The zero-order chi connectivity index (χ0) is 13.8. The number of ether oxygens (including phenoxy) is 1. The van der Waals surface area contributed by atoms with Crippen LogP contribution in [0.5, 0.6) is 5.75 Å². The van der Waals surface area contributed by atoms with Gasteiger partial charge >= 0.3 is 0 Å². The number of thiazole rings is 1. The highest BCUT2D eigenvalue weighted by atomic mass is 32.1. The van der Waals surface area contributed by atoms with E-state index in [1.54, 1.807) is 11.6 Å². The summed E-state index contributed by atoms with van der Waals surface area (Å²) in [6.07, 6.45) is 1.55. The molecule has 0 saturated carbocycles. The summed E-state index contributed by atoms with van der Waals surface area (Å²) in [5, 5.41) is 15.4. The number of hydrogen-bond donors (Lipinski definition) is 1. The molecule has 1 amide bonds. The van der Waals surface area contributed by atoms with Crippen LogP contribution in [0, 0.1) is 10.1 Å². The Morgan fingerprint density at radius 3 is 2.89 bits per heavy atom. The predicted octanol–water partition coefficient (Wildman–Crippen LogP) is 2.31. The first-order valence-corrected chi connectivity index (χ1v) is 6.03. The van der Waals surface area contributed by atoms with Crippen LogP contribution in [-0.4, -0.2) is 22.9 Å². The average Bonchev–Trinajstić information content (AvgIpc) is 2.90. The summed E-state index contributed by atoms with van der Waals surface area (Å²) in [5.74, 6) is -0.241. The van der Waals surface area contributed by atoms with Crippen molar-refractivity contribution in [3.05, 3.63) is 45.5 Å². The van der Waals surface area contributed by atoms with Gasteiger partial charge in [-0.2, -0.15) is 0 Å². The van der Waals surface area contributed by atoms with Gasteiger partial charge < -0.3 is 4.74 Å². The lowest BCUT2D eigenvalue weighted by atomic mass is 10.1. The summed E-state index contributed by atoms with van der Waals surface area (Å²) in [7, 11) is 1.39. The van der Waals surface area contributed by atoms with Gasteiger partial charge in [0.2, 0.25) is 0 Å². The number of benzene rings is 1. The fourth-order valence-electron chi connectivity index (χ4n) is 1.44. The Labute approximate surface area is 112 Å². The number of nitrogens with one attached hydrogen (secondary N) is 1. The van der Waals surface area contributed by atoms with E-state index in [1.807, 2.05) is 0 Å². The minimum Gasteiger partial charge on any atom is -0.496 e. The molecule has 0 aliphatic rings. The van der Waals surface area contributed by atoms with Crippen LogP contribution >= 0.6 is 11.3 Å². The van der Waals surface area contributed by atoms with Crippen molar-refractivity contribution < 1.29 is 14.5 Å². The molecule has 7 nitrogen and oxygen atoms in total. The third-order valence-electron chi connectivity index (χ3n) is 2.29. The molecule has 2 rings (SSSR count). The van der Waals surface area contributed by atoms with E-state index in [1.165, 1.54) is 36.6 Å². The Balaban J connectivity index is 2.33. The van der Waals surface area contributed by atoms with Gasteiger partial charge in [0.05, 0.1) is 17.6 Å². The smallest absolute Gasteiger partial charge is 0.270 e. The molecule has 0 fully saturated rings. The van der Waals surface area contributed by atoms with E-state index in [2.05, 4.69) is 10.3 Å². The molecule has 2 aromatic rings. The number of anilines is 1. The molecule has 0 atom stereocenters. The maximum Gasteiger partial charge on any atom is 0.270 e. The van der Waals surface area contributed by atoms with Crippen molar-refractivity contribution in [1.82, 2.24) is 4.98 Å². The van der Waals surface area contributed by atoms with Crippen LogP contribution in [0.25, 0.3) is 0 Å². The summed E-state index contributed by atoms with van der Waals surface area (Å²) in [6.45, 7) is 0. The van der Waals surface area contributed by atoms with E-state index in [0.29, 0.717) is 5.13 Å². The van der Waals surface area contributed by atoms with E-state index in [4.69, 9.17) is 4.74 Å². The number of carbonyl (C=O) groups excluding carboxylic acids is 1. The summed E-state index contributed by atoms with van der Waals surface area (Å²) < 4.78 is 5.02. The predicted molar refractivity (Wildman–Crippen MR) is 69.7 cm³/mol. The van der Waals surface area contributed by atoms with Gasteiger partial charge in [-0.25, -0.2) is 4.98 Å². The maximum atomic E-state index is 12.0. The number of carbonyl (C=O) groups is 1. The van der Waals surface area contributed by atoms with Crippen molar-refractivity contribution in [3.63, 3.8) is 0 Å². The largest absolute Gasteiger partial charge is 0.496 e. The molecule has 1 aromatic heterocycles. The van der Waals surface area contributed by atoms with Crippen LogP contribution in [0.4, 0.5) is 10.8 Å². The number of methoxy groups -OCH3 is 1. The highest BCUT2D eigenvalue weighted by Gasteiger charge is 2.18. The zero-order valence-electron chi connectivity index (χ0n) is 9.82. The number of hydrogen-bond acceptors (Lipinski definition) is 6. The lowest BCUT2D eigenvalue weighted by molar-refractivity contribution is -0.384. The molecule has 98 valence electrons. The first kappa shape index (κ1) is 13.0. The standard InChI is InChI=1S/C11H9N3O4S/c1-18-9-3-2-7(14(16)17)6-8(9)10(15)13-11-12-4-5-19-11/h2-6H,1H3,(H,12,13,15). The van der Waals surface area contributed by atoms with Crippen LogP contribution in [0.2, 0.25) is 0 Å². The normalized spacial score (nSPS) is 9.95. The van der Waals surface area contributed by atoms with E-state index < -0.39 is 10.8 Å². The number of nitro benzene ring substituents is 1. The third kappa shape index (κ3) is 2.86. The van der Waals surface area contributed by atoms with Crippen molar-refractivity contribution in [3.8, 4) is 5.75 Å². The van der Waals surface area contributed by atoms with E-state index in [9.17, 15) is 14.9 Å². The Kier molecular flexibility index (Phi) is 3.71. The first-order valence-electron chi connectivity index (χ1n) is 5.15. The fourth-order valence-corrected chi connectivity index (χ4v) is 1.96. The molecule has 0 aliphatic heterocycles. The number of nitro groups is 1. The summed E-state index contributed by atoms with van der Waals surface area (Å²) in [4.78, 5) is 26.1. The minimum atomic E-state index is -0.570. The Bertz CT molecular complexity index is 612. The van der Waals surface area contributed by atoms with Gasteiger partial charge in [-0.3, -0.25) is 20.2 Å². The number of nitrogens with zero attached hydrogens (tertiary/aromatic N) is 2. The molecule has 1 heterocycles. The number of amides is 1. The molecule has 1 aromatic carbocycles. The number of rotatable bonds is 4. The maximum absolute atomic E-state index is 12.0. The molecule has 0 saturated heterocycles. The van der Waals surface area contributed by atoms with E-state index >= 15 is 0 Å². The third-order valence-corrected chi connectivity index (χ3v) is 2.98. The fraction of sp³-hybridized carbons (Fsp3) is 0.0909. The molecule has 0 unspecified atom stereocenters. The molecule has 8 heteroatoms. The molecule has 0 aliphatic carbocycles. The molecule has 0 spiro atoms. The van der Waals surface area contributed by atoms with E-state index in [-0.39, 0.29) is 17.0 Å². The van der Waals surface area contributed by atoms with Crippen molar-refractivity contribution >= 4 is 28.1 Å². The molecule has 0 bridgehead atoms. The lowest BCUT2D eigenvalue weighted by Crippen LogP contribution is -2.13. The molecule has 0 radical (unpaired) electrons. The highest BCUT2D eigenvalue weighted by molar-refractivity contribution is 7.13. The van der Waals surface area contributed by atoms with Crippen molar-refractivity contribution in [1.29, 1.82) is 0 Å². The monoisotopic (exact) mass is 279 g/mol. The Morgan fingerprint density at radius 1 is 1.53 bits per heavy atom. The summed E-state index contributed by atoms with van der Waals surface area (Å²) >= 11 is 1.25. The van der Waals surface area contributed by atoms with Gasteiger partial charge in [0, 0.05) is 23.7 Å². The van der Waals surface area contributed by atoms with Crippen molar-refractivity contribution in [2.45, 2.75) is 0 Å². The van der Waals surface area contributed by atoms with Gasteiger partial charge in [-0.05, 0) is 6.07 Å². The van der Waals surface area contributed by atoms with Crippen LogP contribution in [-0.2, 0) is 0 Å². The zero-order valence-corrected chi connectivity index (χ0v) is 10.6. The SMILES string of the molecule is COc1ccc([N+](=O)[O-])cc1C(=O)Nc1nccs1. The van der Waals surface area contributed by atoms with Crippen molar-refractivity contribution in [2.24, 2.45) is 0 Å². The molecular weight excluding hydrogens is 270 g/mol. The Morgan fingerprint density at radius 2 is 2.32 bits per heavy atom. The van der Waals surface area contributed by atoms with Crippen LogP contribution in [0.15, 0.2) is 29.8 Å². The van der Waals surface area contributed by atoms with Crippen LogP contribution in [0.3, 0.4) is 0 Å².